The van der Waals surface area contributed by atoms with Gasteiger partial charge in [0, 0.05) is 54.7 Å². The quantitative estimate of drug-likeness (QED) is 0.201. The Bertz CT molecular complexity index is 1760. The fraction of sp³-hybridized carbons (Fsp3) is 0.429. The number of amides is 1. The van der Waals surface area contributed by atoms with E-state index in [1.165, 1.54) is 18.1 Å². The van der Waals surface area contributed by atoms with Gasteiger partial charge in [-0.25, -0.2) is 8.42 Å². The van der Waals surface area contributed by atoms with Gasteiger partial charge in [0.05, 0.1) is 24.6 Å². The van der Waals surface area contributed by atoms with Crippen molar-refractivity contribution >= 4 is 32.3 Å². The zero-order chi connectivity index (χ0) is 31.4. The van der Waals surface area contributed by atoms with Crippen LogP contribution in [0.5, 0.6) is 5.75 Å². The standard InChI is InChI=1S/C35H43N5O4S/c1-36-34(41)23-40-17-7-8-26(22-40)28-21-39-30-12-6-11-29(35(28)30)38-20-24-15-16-37-31(18-24)25-13-14-33(32(19-25)44-2)45(42,43)27-9-4-3-5-10-27/h6,11-16,18-19,21,26-27,38-39H,3-5,7-10,17,20,22-23H2,1-2H3,(H,36,41). The molecule has 2 aromatic carbocycles. The van der Waals surface area contributed by atoms with E-state index >= 15 is 0 Å². The summed E-state index contributed by atoms with van der Waals surface area (Å²) >= 11 is 0. The third-order valence-electron chi connectivity index (χ3n) is 9.39. The van der Waals surface area contributed by atoms with Crippen molar-refractivity contribution in [3.63, 3.8) is 0 Å². The summed E-state index contributed by atoms with van der Waals surface area (Å²) in [6, 6.07) is 15.6. The van der Waals surface area contributed by atoms with Crippen LogP contribution in [0.1, 0.15) is 62.0 Å². The van der Waals surface area contributed by atoms with Gasteiger partial charge >= 0.3 is 0 Å². The Balaban J connectivity index is 1.20. The Morgan fingerprint density at radius 2 is 1.91 bits per heavy atom. The molecule has 1 unspecified atom stereocenters. The van der Waals surface area contributed by atoms with Gasteiger partial charge in [-0.15, -0.1) is 0 Å². The molecule has 2 aliphatic rings. The summed E-state index contributed by atoms with van der Waals surface area (Å²) in [6.07, 6.45) is 10.5. The molecule has 238 valence electrons. The number of likely N-dealkylation sites (tertiary alicyclic amines) is 1. The maximum Gasteiger partial charge on any atom is 0.233 e. The first-order chi connectivity index (χ1) is 21.9. The third kappa shape index (κ3) is 6.72. The Morgan fingerprint density at radius 1 is 1.07 bits per heavy atom. The molecule has 1 atom stereocenters. The van der Waals surface area contributed by atoms with Crippen LogP contribution in [0.15, 0.2) is 65.8 Å². The van der Waals surface area contributed by atoms with Gasteiger partial charge < -0.3 is 20.4 Å². The summed E-state index contributed by atoms with van der Waals surface area (Å²) in [6.45, 7) is 2.81. The molecule has 1 aliphatic carbocycles. The van der Waals surface area contributed by atoms with Gasteiger partial charge in [0.1, 0.15) is 10.6 Å². The molecule has 6 rings (SSSR count). The van der Waals surface area contributed by atoms with Crippen molar-refractivity contribution in [2.24, 2.45) is 0 Å². The number of fused-ring (bicyclic) bond motifs is 1. The lowest BCUT2D eigenvalue weighted by molar-refractivity contribution is -0.122. The van der Waals surface area contributed by atoms with Gasteiger partial charge in [0.15, 0.2) is 9.84 Å². The van der Waals surface area contributed by atoms with Crippen LogP contribution in [-0.2, 0) is 21.2 Å². The van der Waals surface area contributed by atoms with Crippen molar-refractivity contribution in [3.8, 4) is 17.0 Å². The molecule has 2 aromatic heterocycles. The van der Waals surface area contributed by atoms with Crippen molar-refractivity contribution in [1.29, 1.82) is 0 Å². The highest BCUT2D eigenvalue weighted by Crippen LogP contribution is 2.37. The van der Waals surface area contributed by atoms with Gasteiger partial charge in [-0.1, -0.05) is 31.4 Å². The predicted molar refractivity (Wildman–Crippen MR) is 178 cm³/mol. The minimum atomic E-state index is -3.46. The molecule has 0 bridgehead atoms. The van der Waals surface area contributed by atoms with Gasteiger partial charge in [-0.3, -0.25) is 14.7 Å². The van der Waals surface area contributed by atoms with E-state index in [1.807, 2.05) is 18.2 Å². The van der Waals surface area contributed by atoms with E-state index in [0.717, 1.165) is 73.2 Å². The number of anilines is 1. The number of ether oxygens (including phenoxy) is 1. The number of sulfone groups is 1. The van der Waals surface area contributed by atoms with Crippen molar-refractivity contribution in [2.45, 2.75) is 67.6 Å². The molecule has 3 heterocycles. The lowest BCUT2D eigenvalue weighted by atomic mass is 9.90. The highest BCUT2D eigenvalue weighted by Gasteiger charge is 2.31. The van der Waals surface area contributed by atoms with Crippen LogP contribution in [-0.4, -0.2) is 68.2 Å². The smallest absolute Gasteiger partial charge is 0.233 e. The SMILES string of the molecule is CNC(=O)CN1CCCC(c2c[nH]c3cccc(NCc4ccnc(-c5ccc(S(=O)(=O)C6CCCCC6)c(OC)c5)c4)c23)C1. The third-order valence-corrected chi connectivity index (χ3v) is 11.7. The number of pyridine rings is 1. The summed E-state index contributed by atoms with van der Waals surface area (Å²) in [5.41, 5.74) is 6.05. The molecule has 10 heteroatoms. The number of hydrogen-bond donors (Lipinski definition) is 3. The molecule has 2 fully saturated rings. The maximum atomic E-state index is 13.4. The van der Waals surface area contributed by atoms with Crippen LogP contribution in [0, 0.1) is 0 Å². The molecule has 0 spiro atoms. The topological polar surface area (TPSA) is 116 Å². The van der Waals surface area contributed by atoms with Crippen LogP contribution in [0.3, 0.4) is 0 Å². The second-order valence-corrected chi connectivity index (χ2v) is 14.5. The van der Waals surface area contributed by atoms with Crippen LogP contribution in [0.25, 0.3) is 22.2 Å². The molecule has 1 amide bonds. The van der Waals surface area contributed by atoms with Crippen molar-refractivity contribution in [3.05, 3.63) is 72.1 Å². The van der Waals surface area contributed by atoms with Crippen LogP contribution in [0.2, 0.25) is 0 Å². The summed E-state index contributed by atoms with van der Waals surface area (Å²) in [4.78, 5) is 22.6. The van der Waals surface area contributed by atoms with Gasteiger partial charge in [0.2, 0.25) is 5.91 Å². The Hall–Kier alpha value is -3.89. The maximum absolute atomic E-state index is 13.4. The molecule has 1 aliphatic heterocycles. The summed E-state index contributed by atoms with van der Waals surface area (Å²) < 4.78 is 32.5. The highest BCUT2D eigenvalue weighted by atomic mass is 32.2. The van der Waals surface area contributed by atoms with E-state index < -0.39 is 9.84 Å². The summed E-state index contributed by atoms with van der Waals surface area (Å²) in [5.74, 6) is 0.756. The summed E-state index contributed by atoms with van der Waals surface area (Å²) in [7, 11) is -0.256. The van der Waals surface area contributed by atoms with Gasteiger partial charge in [-0.2, -0.15) is 0 Å². The molecular weight excluding hydrogens is 586 g/mol. The van der Waals surface area contributed by atoms with E-state index in [4.69, 9.17) is 4.74 Å². The van der Waals surface area contributed by atoms with Gasteiger partial charge in [-0.05, 0) is 85.7 Å². The number of nitrogens with one attached hydrogen (secondary N) is 3. The van der Waals surface area contributed by atoms with E-state index in [1.54, 1.807) is 25.4 Å². The Labute approximate surface area is 265 Å². The van der Waals surface area contributed by atoms with E-state index in [0.29, 0.717) is 37.6 Å². The number of rotatable bonds is 10. The molecule has 4 aromatic rings. The number of H-pyrrole nitrogens is 1. The Kier molecular flexibility index (Phi) is 9.42. The molecule has 0 radical (unpaired) electrons. The number of methoxy groups -OCH3 is 1. The first-order valence-electron chi connectivity index (χ1n) is 16.0. The zero-order valence-electron chi connectivity index (χ0n) is 26.1. The fourth-order valence-electron chi connectivity index (χ4n) is 6.97. The number of benzene rings is 2. The molecule has 9 nitrogen and oxygen atoms in total. The van der Waals surface area contributed by atoms with E-state index in [2.05, 4.69) is 49.9 Å². The number of aromatic nitrogens is 2. The van der Waals surface area contributed by atoms with E-state index in [-0.39, 0.29) is 16.1 Å². The number of likely N-dealkylation sites (N-methyl/N-ethyl adjacent to an activating group) is 1. The normalized spacial score (nSPS) is 18.1. The second-order valence-electron chi connectivity index (χ2n) is 12.3. The first kappa shape index (κ1) is 31.1. The average Bonchev–Trinajstić information content (AvgIpc) is 3.53. The average molecular weight is 630 g/mol. The lowest BCUT2D eigenvalue weighted by Crippen LogP contribution is -2.41. The molecule has 3 N–H and O–H groups in total. The first-order valence-corrected chi connectivity index (χ1v) is 17.6. The number of piperidine rings is 1. The van der Waals surface area contributed by atoms with Crippen molar-refractivity contribution in [2.75, 3.05) is 39.1 Å². The fourth-order valence-corrected chi connectivity index (χ4v) is 8.97. The minimum absolute atomic E-state index is 0.0486. The molecule has 1 saturated carbocycles. The molecule has 1 saturated heterocycles. The monoisotopic (exact) mass is 629 g/mol. The summed E-state index contributed by atoms with van der Waals surface area (Å²) in [5, 5.41) is 7.25. The number of aromatic amines is 1. The Morgan fingerprint density at radius 3 is 2.71 bits per heavy atom. The van der Waals surface area contributed by atoms with Crippen molar-refractivity contribution < 1.29 is 17.9 Å². The zero-order valence-corrected chi connectivity index (χ0v) is 27.0. The largest absolute Gasteiger partial charge is 0.495 e. The van der Waals surface area contributed by atoms with Crippen LogP contribution >= 0.6 is 0 Å². The van der Waals surface area contributed by atoms with E-state index in [9.17, 15) is 13.2 Å². The highest BCUT2D eigenvalue weighted by molar-refractivity contribution is 7.92. The number of nitrogens with zero attached hydrogens (tertiary/aromatic N) is 2. The van der Waals surface area contributed by atoms with Gasteiger partial charge in [0.25, 0.3) is 0 Å². The second kappa shape index (κ2) is 13.6. The lowest BCUT2D eigenvalue weighted by Gasteiger charge is -2.32. The number of carbonyl (C=O) groups excluding carboxylic acids is 1. The molecule has 45 heavy (non-hydrogen) atoms. The van der Waals surface area contributed by atoms with Crippen LogP contribution < -0.4 is 15.4 Å². The van der Waals surface area contributed by atoms with Crippen molar-refractivity contribution in [1.82, 2.24) is 20.2 Å². The number of hydrogen-bond acceptors (Lipinski definition) is 7. The van der Waals surface area contributed by atoms with Crippen LogP contribution in [0.4, 0.5) is 5.69 Å². The minimum Gasteiger partial charge on any atom is -0.495 e. The number of carbonyl (C=O) groups is 1. The molecular formula is C35H43N5O4S. The predicted octanol–water partition coefficient (Wildman–Crippen LogP) is 5.88.